The average Bonchev–Trinajstić information content (AvgIpc) is 2.02. The molecule has 0 spiro atoms. The van der Waals surface area contributed by atoms with E-state index >= 15 is 0 Å². The van der Waals surface area contributed by atoms with E-state index in [1.54, 1.807) is 6.92 Å². The first-order valence-electron chi connectivity index (χ1n) is 5.29. The van der Waals surface area contributed by atoms with Crippen molar-refractivity contribution >= 4 is 5.97 Å². The summed E-state index contributed by atoms with van der Waals surface area (Å²) in [6.45, 7) is 7.68. The van der Waals surface area contributed by atoms with Crippen LogP contribution in [0.4, 0.5) is 0 Å². The molecule has 0 fully saturated rings. The SMILES string of the molecule is CCCC(C)(N)CC(C)(CC)C(=O)O. The van der Waals surface area contributed by atoms with Crippen LogP contribution in [0.25, 0.3) is 0 Å². The Bertz CT molecular complexity index is 201. The topological polar surface area (TPSA) is 63.3 Å². The maximum absolute atomic E-state index is 11.1. The summed E-state index contributed by atoms with van der Waals surface area (Å²) in [5, 5.41) is 9.11. The summed E-state index contributed by atoms with van der Waals surface area (Å²) in [5.41, 5.74) is 5.02. The molecular formula is C11H23NO2. The lowest BCUT2D eigenvalue weighted by atomic mass is 9.75. The van der Waals surface area contributed by atoms with E-state index in [0.717, 1.165) is 12.8 Å². The van der Waals surface area contributed by atoms with Crippen LogP contribution in [-0.2, 0) is 4.79 Å². The predicted octanol–water partition coefficient (Wildman–Crippen LogP) is 2.39. The van der Waals surface area contributed by atoms with E-state index in [1.807, 2.05) is 13.8 Å². The van der Waals surface area contributed by atoms with Crippen molar-refractivity contribution in [2.75, 3.05) is 0 Å². The number of carbonyl (C=O) groups is 1. The second-order valence-corrected chi connectivity index (χ2v) is 4.80. The van der Waals surface area contributed by atoms with Crippen LogP contribution in [-0.4, -0.2) is 16.6 Å². The second kappa shape index (κ2) is 4.78. The summed E-state index contributed by atoms with van der Waals surface area (Å²) in [6, 6.07) is 0. The Labute approximate surface area is 86.7 Å². The highest BCUT2D eigenvalue weighted by Gasteiger charge is 2.37. The Morgan fingerprint density at radius 1 is 1.36 bits per heavy atom. The van der Waals surface area contributed by atoms with Gasteiger partial charge in [0.2, 0.25) is 0 Å². The molecule has 0 aromatic rings. The van der Waals surface area contributed by atoms with Crippen LogP contribution >= 0.6 is 0 Å². The Hall–Kier alpha value is -0.570. The number of aliphatic carboxylic acids is 1. The maximum atomic E-state index is 11.1. The molecule has 0 aromatic carbocycles. The summed E-state index contributed by atoms with van der Waals surface area (Å²) in [4.78, 5) is 11.1. The van der Waals surface area contributed by atoms with Crippen molar-refractivity contribution in [3.8, 4) is 0 Å². The van der Waals surface area contributed by atoms with Gasteiger partial charge >= 0.3 is 5.97 Å². The third kappa shape index (κ3) is 3.66. The highest BCUT2D eigenvalue weighted by molar-refractivity contribution is 5.74. The van der Waals surface area contributed by atoms with Crippen molar-refractivity contribution in [1.82, 2.24) is 0 Å². The number of carboxylic acid groups (broad SMARTS) is 1. The molecule has 0 saturated heterocycles. The predicted molar refractivity (Wildman–Crippen MR) is 58.2 cm³/mol. The van der Waals surface area contributed by atoms with Gasteiger partial charge in [0.05, 0.1) is 5.41 Å². The average molecular weight is 201 g/mol. The molecule has 2 atom stereocenters. The van der Waals surface area contributed by atoms with Gasteiger partial charge in [-0.15, -0.1) is 0 Å². The van der Waals surface area contributed by atoms with Gasteiger partial charge in [0, 0.05) is 5.54 Å². The highest BCUT2D eigenvalue weighted by atomic mass is 16.4. The largest absolute Gasteiger partial charge is 0.481 e. The summed E-state index contributed by atoms with van der Waals surface area (Å²) < 4.78 is 0. The fourth-order valence-electron chi connectivity index (χ4n) is 1.90. The van der Waals surface area contributed by atoms with Crippen LogP contribution in [0, 0.1) is 5.41 Å². The Kier molecular flexibility index (Phi) is 4.59. The third-order valence-electron chi connectivity index (χ3n) is 2.91. The molecule has 0 amide bonds. The molecule has 3 heteroatoms. The van der Waals surface area contributed by atoms with Gasteiger partial charge in [0.1, 0.15) is 0 Å². The van der Waals surface area contributed by atoms with E-state index in [1.165, 1.54) is 0 Å². The molecule has 3 N–H and O–H groups in total. The summed E-state index contributed by atoms with van der Waals surface area (Å²) >= 11 is 0. The van der Waals surface area contributed by atoms with Crippen molar-refractivity contribution in [3.63, 3.8) is 0 Å². The molecule has 0 bridgehead atoms. The zero-order valence-electron chi connectivity index (χ0n) is 9.76. The smallest absolute Gasteiger partial charge is 0.309 e. The number of carboxylic acids is 1. The number of hydrogen-bond donors (Lipinski definition) is 2. The van der Waals surface area contributed by atoms with E-state index < -0.39 is 11.4 Å². The van der Waals surface area contributed by atoms with Crippen molar-refractivity contribution in [2.45, 2.75) is 58.9 Å². The number of hydrogen-bond acceptors (Lipinski definition) is 2. The van der Waals surface area contributed by atoms with Gasteiger partial charge in [-0.1, -0.05) is 20.3 Å². The third-order valence-corrected chi connectivity index (χ3v) is 2.91. The molecule has 0 aliphatic rings. The summed E-state index contributed by atoms with van der Waals surface area (Å²) in [6.07, 6.45) is 3.03. The lowest BCUT2D eigenvalue weighted by Crippen LogP contribution is -2.44. The van der Waals surface area contributed by atoms with Gasteiger partial charge in [-0.25, -0.2) is 0 Å². The Morgan fingerprint density at radius 3 is 2.14 bits per heavy atom. The van der Waals surface area contributed by atoms with E-state index in [-0.39, 0.29) is 5.54 Å². The Balaban J connectivity index is 4.52. The van der Waals surface area contributed by atoms with Crippen molar-refractivity contribution in [1.29, 1.82) is 0 Å². The van der Waals surface area contributed by atoms with Crippen LogP contribution < -0.4 is 5.73 Å². The standard InChI is InChI=1S/C11H23NO2/c1-5-7-11(4,12)8-10(3,6-2)9(13)14/h5-8,12H2,1-4H3,(H,13,14). The van der Waals surface area contributed by atoms with Crippen LogP contribution in [0.3, 0.4) is 0 Å². The minimum absolute atomic E-state index is 0.363. The van der Waals surface area contributed by atoms with Crippen molar-refractivity contribution in [3.05, 3.63) is 0 Å². The first kappa shape index (κ1) is 13.4. The molecule has 84 valence electrons. The zero-order valence-corrected chi connectivity index (χ0v) is 9.76. The van der Waals surface area contributed by atoms with Gasteiger partial charge in [-0.2, -0.15) is 0 Å². The summed E-state index contributed by atoms with van der Waals surface area (Å²) in [5.74, 6) is -0.743. The molecular weight excluding hydrogens is 178 g/mol. The van der Waals surface area contributed by atoms with Crippen LogP contribution in [0.5, 0.6) is 0 Å². The van der Waals surface area contributed by atoms with Crippen LogP contribution in [0.1, 0.15) is 53.4 Å². The van der Waals surface area contributed by atoms with Gasteiger partial charge < -0.3 is 10.8 Å². The molecule has 3 nitrogen and oxygen atoms in total. The fraction of sp³-hybridized carbons (Fsp3) is 0.909. The van der Waals surface area contributed by atoms with Crippen LogP contribution in [0.15, 0.2) is 0 Å². The quantitative estimate of drug-likeness (QED) is 0.693. The minimum atomic E-state index is -0.743. The molecule has 0 radical (unpaired) electrons. The highest BCUT2D eigenvalue weighted by Crippen LogP contribution is 2.32. The normalized spacial score (nSPS) is 19.8. The molecule has 0 aromatic heterocycles. The van der Waals surface area contributed by atoms with Crippen molar-refractivity contribution in [2.24, 2.45) is 11.1 Å². The van der Waals surface area contributed by atoms with Crippen molar-refractivity contribution < 1.29 is 9.90 Å². The molecule has 0 aliphatic carbocycles. The number of nitrogens with two attached hydrogens (primary N) is 1. The maximum Gasteiger partial charge on any atom is 0.309 e. The van der Waals surface area contributed by atoms with Gasteiger partial charge in [0.15, 0.2) is 0 Å². The van der Waals surface area contributed by atoms with Gasteiger partial charge in [-0.3, -0.25) is 4.79 Å². The van der Waals surface area contributed by atoms with Crippen LogP contribution in [0.2, 0.25) is 0 Å². The lowest BCUT2D eigenvalue weighted by Gasteiger charge is -2.33. The summed E-state index contributed by atoms with van der Waals surface area (Å²) in [7, 11) is 0. The van der Waals surface area contributed by atoms with E-state index in [4.69, 9.17) is 10.8 Å². The first-order chi connectivity index (χ1) is 6.27. The van der Waals surface area contributed by atoms with Gasteiger partial charge in [0.25, 0.3) is 0 Å². The number of rotatable bonds is 6. The first-order valence-corrected chi connectivity index (χ1v) is 5.29. The molecule has 0 aliphatic heterocycles. The molecule has 0 saturated carbocycles. The minimum Gasteiger partial charge on any atom is -0.481 e. The molecule has 0 rings (SSSR count). The van der Waals surface area contributed by atoms with Gasteiger partial charge in [-0.05, 0) is 33.1 Å². The monoisotopic (exact) mass is 201 g/mol. The second-order valence-electron chi connectivity index (χ2n) is 4.80. The molecule has 14 heavy (non-hydrogen) atoms. The van der Waals surface area contributed by atoms with E-state index in [2.05, 4.69) is 6.92 Å². The fourth-order valence-corrected chi connectivity index (χ4v) is 1.90. The zero-order chi connectivity index (χ0) is 11.4. The Morgan fingerprint density at radius 2 is 1.86 bits per heavy atom. The van der Waals surface area contributed by atoms with E-state index in [0.29, 0.717) is 12.8 Å². The van der Waals surface area contributed by atoms with E-state index in [9.17, 15) is 4.79 Å². The molecule has 0 heterocycles. The molecule has 2 unspecified atom stereocenters. The lowest BCUT2D eigenvalue weighted by molar-refractivity contribution is -0.149.